The van der Waals surface area contributed by atoms with Gasteiger partial charge in [0, 0.05) is 12.0 Å². The Bertz CT molecular complexity index is 410. The summed E-state index contributed by atoms with van der Waals surface area (Å²) in [6.45, 7) is 2.02. The van der Waals surface area contributed by atoms with E-state index in [-0.39, 0.29) is 5.78 Å². The zero-order valence-corrected chi connectivity index (χ0v) is 9.77. The minimum Gasteiger partial charge on any atom is -0.496 e. The van der Waals surface area contributed by atoms with E-state index in [2.05, 4.69) is 15.9 Å². The molecular weight excluding hydrogens is 244 g/mol. The van der Waals surface area contributed by atoms with Crippen LogP contribution in [0.3, 0.4) is 0 Å². The minimum atomic E-state index is 0.230. The Balaban J connectivity index is 2.68. The van der Waals surface area contributed by atoms with Crippen LogP contribution in [0.4, 0.5) is 0 Å². The molecule has 0 spiro atoms. The Morgan fingerprint density at radius 3 is 2.79 bits per heavy atom. The van der Waals surface area contributed by atoms with Crippen LogP contribution >= 0.6 is 15.9 Å². The highest BCUT2D eigenvalue weighted by Crippen LogP contribution is 2.36. The minimum absolute atomic E-state index is 0.230. The highest BCUT2D eigenvalue weighted by atomic mass is 79.9. The molecule has 0 bridgehead atoms. The van der Waals surface area contributed by atoms with Crippen molar-refractivity contribution in [1.82, 2.24) is 0 Å². The van der Waals surface area contributed by atoms with Gasteiger partial charge in [-0.05, 0) is 46.5 Å². The number of carbonyl (C=O) groups excluding carboxylic acids is 1. The summed E-state index contributed by atoms with van der Waals surface area (Å²) in [6.07, 6.45) is 1.50. The monoisotopic (exact) mass is 254 g/mol. The first kappa shape index (κ1) is 9.71. The van der Waals surface area contributed by atoms with E-state index in [4.69, 9.17) is 4.74 Å². The Morgan fingerprint density at radius 2 is 2.14 bits per heavy atom. The molecule has 0 amide bonds. The largest absolute Gasteiger partial charge is 0.496 e. The fourth-order valence-electron chi connectivity index (χ4n) is 1.89. The average molecular weight is 255 g/mol. The van der Waals surface area contributed by atoms with Gasteiger partial charge in [-0.3, -0.25) is 4.79 Å². The number of Topliss-reactive ketones (excluding diaryl/α,β-unsaturated/α-hetero) is 1. The predicted octanol–water partition coefficient (Wildman–Crippen LogP) is 2.90. The van der Waals surface area contributed by atoms with Crippen molar-refractivity contribution >= 4 is 21.7 Å². The molecule has 14 heavy (non-hydrogen) atoms. The predicted molar refractivity (Wildman–Crippen MR) is 58.1 cm³/mol. The molecule has 0 radical (unpaired) electrons. The Morgan fingerprint density at radius 1 is 1.43 bits per heavy atom. The lowest BCUT2D eigenvalue weighted by molar-refractivity contribution is 0.0994. The number of methoxy groups -OCH3 is 1. The maximum Gasteiger partial charge on any atom is 0.163 e. The van der Waals surface area contributed by atoms with Crippen LogP contribution in [0.5, 0.6) is 5.75 Å². The number of benzene rings is 1. The first-order valence-corrected chi connectivity index (χ1v) is 5.33. The van der Waals surface area contributed by atoms with Gasteiger partial charge in [0.2, 0.25) is 0 Å². The Labute approximate surface area is 91.4 Å². The Kier molecular flexibility index (Phi) is 2.35. The topological polar surface area (TPSA) is 26.3 Å². The quantitative estimate of drug-likeness (QED) is 0.771. The maximum absolute atomic E-state index is 11.5. The number of fused-ring (bicyclic) bond motifs is 1. The van der Waals surface area contributed by atoms with Gasteiger partial charge in [-0.25, -0.2) is 0 Å². The number of halogens is 1. The molecule has 0 atom stereocenters. The van der Waals surface area contributed by atoms with Crippen molar-refractivity contribution in [1.29, 1.82) is 0 Å². The summed E-state index contributed by atoms with van der Waals surface area (Å²) in [4.78, 5) is 11.5. The number of rotatable bonds is 1. The highest BCUT2D eigenvalue weighted by molar-refractivity contribution is 9.10. The molecule has 0 N–H and O–H groups in total. The highest BCUT2D eigenvalue weighted by Gasteiger charge is 2.24. The number of hydrogen-bond donors (Lipinski definition) is 0. The molecule has 1 aliphatic carbocycles. The molecule has 0 heterocycles. The molecule has 0 saturated carbocycles. The van der Waals surface area contributed by atoms with Crippen molar-refractivity contribution in [2.75, 3.05) is 7.11 Å². The normalized spacial score (nSPS) is 14.4. The van der Waals surface area contributed by atoms with Crippen LogP contribution in [0.15, 0.2) is 10.5 Å². The summed E-state index contributed by atoms with van der Waals surface area (Å²) in [6, 6.07) is 1.84. The molecule has 3 heteroatoms. The molecule has 0 fully saturated rings. The average Bonchev–Trinajstić information content (AvgIpc) is 2.54. The first-order chi connectivity index (χ1) is 6.65. The van der Waals surface area contributed by atoms with E-state index in [0.717, 1.165) is 27.8 Å². The number of carbonyl (C=O) groups is 1. The second kappa shape index (κ2) is 3.39. The van der Waals surface area contributed by atoms with Crippen LogP contribution in [0.1, 0.15) is 27.9 Å². The number of ether oxygens (including phenoxy) is 1. The van der Waals surface area contributed by atoms with E-state index in [1.54, 1.807) is 7.11 Å². The molecule has 1 aromatic rings. The van der Waals surface area contributed by atoms with Gasteiger partial charge < -0.3 is 4.74 Å². The molecule has 0 saturated heterocycles. The fourth-order valence-corrected chi connectivity index (χ4v) is 2.41. The molecule has 1 aromatic carbocycles. The van der Waals surface area contributed by atoms with Gasteiger partial charge in [0.25, 0.3) is 0 Å². The van der Waals surface area contributed by atoms with Crippen molar-refractivity contribution in [3.8, 4) is 5.75 Å². The van der Waals surface area contributed by atoms with Crippen molar-refractivity contribution in [3.63, 3.8) is 0 Å². The smallest absolute Gasteiger partial charge is 0.163 e. The van der Waals surface area contributed by atoms with Gasteiger partial charge in [-0.15, -0.1) is 0 Å². The molecule has 74 valence electrons. The molecule has 2 nitrogen and oxygen atoms in total. The van der Waals surface area contributed by atoms with E-state index in [0.29, 0.717) is 6.42 Å². The van der Waals surface area contributed by atoms with Crippen LogP contribution in [-0.4, -0.2) is 12.9 Å². The summed E-state index contributed by atoms with van der Waals surface area (Å²) in [5, 5.41) is 0. The van der Waals surface area contributed by atoms with E-state index in [9.17, 15) is 4.79 Å². The van der Waals surface area contributed by atoms with Crippen molar-refractivity contribution in [2.24, 2.45) is 0 Å². The lowest BCUT2D eigenvalue weighted by Gasteiger charge is -2.10. The van der Waals surface area contributed by atoms with E-state index in [1.165, 1.54) is 5.56 Å². The second-order valence-corrected chi connectivity index (χ2v) is 4.26. The number of ketones is 1. The zero-order valence-electron chi connectivity index (χ0n) is 8.19. The maximum atomic E-state index is 11.5. The van der Waals surface area contributed by atoms with Crippen LogP contribution < -0.4 is 4.74 Å². The summed E-state index contributed by atoms with van der Waals surface area (Å²) < 4.78 is 6.17. The van der Waals surface area contributed by atoms with Crippen molar-refractivity contribution < 1.29 is 9.53 Å². The third-order valence-electron chi connectivity index (χ3n) is 2.72. The van der Waals surface area contributed by atoms with Gasteiger partial charge in [0.1, 0.15) is 5.75 Å². The summed E-state index contributed by atoms with van der Waals surface area (Å²) >= 11 is 3.48. The molecule has 0 aliphatic heterocycles. The Hall–Kier alpha value is -0.830. The standard InChI is InChI=1S/C11H11BrO2/c1-6-7-3-4-9(13)8(7)5-10(14-2)11(6)12/h5H,3-4H2,1-2H3. The summed E-state index contributed by atoms with van der Waals surface area (Å²) in [5.74, 6) is 0.977. The molecule has 1 aliphatic rings. The van der Waals surface area contributed by atoms with E-state index >= 15 is 0 Å². The first-order valence-electron chi connectivity index (χ1n) is 4.54. The van der Waals surface area contributed by atoms with Crippen LogP contribution in [-0.2, 0) is 6.42 Å². The second-order valence-electron chi connectivity index (χ2n) is 3.47. The van der Waals surface area contributed by atoms with Gasteiger partial charge in [-0.1, -0.05) is 0 Å². The number of hydrogen-bond acceptors (Lipinski definition) is 2. The zero-order chi connectivity index (χ0) is 10.3. The van der Waals surface area contributed by atoms with Gasteiger partial charge in [-0.2, -0.15) is 0 Å². The van der Waals surface area contributed by atoms with Gasteiger partial charge in [0.05, 0.1) is 11.6 Å². The third kappa shape index (κ3) is 1.27. The van der Waals surface area contributed by atoms with E-state index < -0.39 is 0 Å². The van der Waals surface area contributed by atoms with Crippen LogP contribution in [0.25, 0.3) is 0 Å². The van der Waals surface area contributed by atoms with Gasteiger partial charge >= 0.3 is 0 Å². The molecular formula is C11H11BrO2. The van der Waals surface area contributed by atoms with Crippen LogP contribution in [0.2, 0.25) is 0 Å². The van der Waals surface area contributed by atoms with E-state index in [1.807, 2.05) is 13.0 Å². The van der Waals surface area contributed by atoms with Crippen LogP contribution in [0, 0.1) is 6.92 Å². The molecule has 2 rings (SSSR count). The third-order valence-corrected chi connectivity index (χ3v) is 3.71. The van der Waals surface area contributed by atoms with Gasteiger partial charge in [0.15, 0.2) is 5.78 Å². The molecule has 0 aromatic heterocycles. The fraction of sp³-hybridized carbons (Fsp3) is 0.364. The van der Waals surface area contributed by atoms with Crippen molar-refractivity contribution in [2.45, 2.75) is 19.8 Å². The SMILES string of the molecule is COc1cc2c(c(C)c1Br)CCC2=O. The lowest BCUT2D eigenvalue weighted by Crippen LogP contribution is -1.96. The summed E-state index contributed by atoms with van der Waals surface area (Å²) in [7, 11) is 1.62. The molecule has 0 unspecified atom stereocenters. The lowest BCUT2D eigenvalue weighted by atomic mass is 10.0. The summed E-state index contributed by atoms with van der Waals surface area (Å²) in [5.41, 5.74) is 3.13. The van der Waals surface area contributed by atoms with Crippen molar-refractivity contribution in [3.05, 3.63) is 27.2 Å².